The van der Waals surface area contributed by atoms with Gasteiger partial charge < -0.3 is 15.0 Å². The van der Waals surface area contributed by atoms with Crippen LogP contribution >= 0.6 is 0 Å². The van der Waals surface area contributed by atoms with E-state index in [4.69, 9.17) is 5.11 Å². The van der Waals surface area contributed by atoms with Crippen molar-refractivity contribution in [1.82, 2.24) is 14.8 Å². The van der Waals surface area contributed by atoms with E-state index in [0.29, 0.717) is 26.2 Å². The Balaban J connectivity index is 2.01. The fraction of sp³-hybridized carbons (Fsp3) is 0.462. The number of amides is 1. The van der Waals surface area contributed by atoms with Gasteiger partial charge in [0, 0.05) is 32.2 Å². The number of aromatic nitrogens is 1. The molecule has 20 heavy (non-hydrogen) atoms. The number of carbonyl (C=O) groups excluding carboxylic acids is 1. The number of rotatable bonds is 3. The molecule has 0 aromatic carbocycles. The van der Waals surface area contributed by atoms with Gasteiger partial charge in [0.05, 0.1) is 6.54 Å². The van der Waals surface area contributed by atoms with E-state index in [1.807, 2.05) is 4.90 Å². The maximum absolute atomic E-state index is 12.3. The zero-order chi connectivity index (χ0) is 14.5. The first-order chi connectivity index (χ1) is 9.56. The van der Waals surface area contributed by atoms with E-state index in [1.165, 1.54) is 6.07 Å². The van der Waals surface area contributed by atoms with Crippen LogP contribution in [0.3, 0.4) is 0 Å². The average molecular weight is 279 g/mol. The molecule has 7 heteroatoms. The third-order valence-electron chi connectivity index (χ3n) is 3.23. The van der Waals surface area contributed by atoms with Crippen molar-refractivity contribution in [2.24, 2.45) is 0 Å². The summed E-state index contributed by atoms with van der Waals surface area (Å²) in [6.07, 6.45) is 0.718. The van der Waals surface area contributed by atoms with Crippen LogP contribution in [0.1, 0.15) is 16.9 Å². The van der Waals surface area contributed by atoms with Crippen LogP contribution in [0.5, 0.6) is 0 Å². The Hall–Kier alpha value is -2.15. The molecule has 2 N–H and O–H groups in total. The Kier molecular flexibility index (Phi) is 4.52. The lowest BCUT2D eigenvalue weighted by atomic mass is 10.3. The molecule has 0 saturated carbocycles. The Morgan fingerprint density at radius 3 is 2.70 bits per heavy atom. The second-order valence-corrected chi connectivity index (χ2v) is 4.74. The summed E-state index contributed by atoms with van der Waals surface area (Å²) < 4.78 is 0. The fourth-order valence-corrected chi connectivity index (χ4v) is 2.27. The van der Waals surface area contributed by atoms with E-state index in [9.17, 15) is 14.4 Å². The Morgan fingerprint density at radius 1 is 1.20 bits per heavy atom. The molecule has 108 valence electrons. The van der Waals surface area contributed by atoms with Crippen molar-refractivity contribution in [3.63, 3.8) is 0 Å². The number of hydrogen-bond acceptors (Lipinski definition) is 4. The number of nitrogens with zero attached hydrogens (tertiary/aromatic N) is 2. The normalized spacial score (nSPS) is 16.7. The first kappa shape index (κ1) is 14.3. The molecule has 1 fully saturated rings. The maximum Gasteiger partial charge on any atom is 0.317 e. The van der Waals surface area contributed by atoms with E-state index in [2.05, 4.69) is 4.98 Å². The van der Waals surface area contributed by atoms with Gasteiger partial charge >= 0.3 is 5.97 Å². The number of H-pyrrole nitrogens is 1. The van der Waals surface area contributed by atoms with Crippen LogP contribution in [0.15, 0.2) is 23.0 Å². The minimum Gasteiger partial charge on any atom is -0.480 e. The summed E-state index contributed by atoms with van der Waals surface area (Å²) in [5.41, 5.74) is -0.0395. The van der Waals surface area contributed by atoms with Crippen molar-refractivity contribution in [2.45, 2.75) is 6.42 Å². The summed E-state index contributed by atoms with van der Waals surface area (Å²) in [6.45, 7) is 2.19. The van der Waals surface area contributed by atoms with E-state index in [1.54, 1.807) is 17.0 Å². The summed E-state index contributed by atoms with van der Waals surface area (Å²) in [5, 5.41) is 8.78. The van der Waals surface area contributed by atoms with Gasteiger partial charge in [-0.05, 0) is 12.5 Å². The van der Waals surface area contributed by atoms with Crippen molar-refractivity contribution >= 4 is 11.9 Å². The SMILES string of the molecule is O=C(O)CN1CCCN(C(=O)c2cccc(=O)[nH]2)CC1. The van der Waals surface area contributed by atoms with Crippen LogP contribution in [0.4, 0.5) is 0 Å². The van der Waals surface area contributed by atoms with Crippen molar-refractivity contribution in [3.05, 3.63) is 34.2 Å². The summed E-state index contributed by atoms with van der Waals surface area (Å²) >= 11 is 0. The first-order valence-electron chi connectivity index (χ1n) is 6.49. The van der Waals surface area contributed by atoms with Crippen LogP contribution < -0.4 is 5.56 Å². The Bertz CT molecular complexity index is 555. The number of carbonyl (C=O) groups is 2. The standard InChI is InChI=1S/C13H17N3O4/c17-11-4-1-3-10(14-11)13(20)16-6-2-5-15(7-8-16)9-12(18)19/h1,3-4H,2,5-9H2,(H,14,17)(H,18,19). The first-order valence-corrected chi connectivity index (χ1v) is 6.49. The molecule has 1 aliphatic heterocycles. The molecule has 2 heterocycles. The molecule has 1 amide bonds. The maximum atomic E-state index is 12.3. The van der Waals surface area contributed by atoms with Gasteiger partial charge in [0.15, 0.2) is 0 Å². The Labute approximate surface area is 115 Å². The molecule has 0 spiro atoms. The van der Waals surface area contributed by atoms with Crippen molar-refractivity contribution < 1.29 is 14.7 Å². The zero-order valence-corrected chi connectivity index (χ0v) is 11.0. The summed E-state index contributed by atoms with van der Waals surface area (Å²) in [5.74, 6) is -1.09. The molecule has 1 saturated heterocycles. The zero-order valence-electron chi connectivity index (χ0n) is 11.0. The molecule has 0 bridgehead atoms. The number of nitrogens with one attached hydrogen (secondary N) is 1. The topological polar surface area (TPSA) is 93.7 Å². The number of carboxylic acids is 1. The van der Waals surface area contributed by atoms with Gasteiger partial charge in [-0.3, -0.25) is 19.3 Å². The van der Waals surface area contributed by atoms with Crippen LogP contribution in [0, 0.1) is 0 Å². The van der Waals surface area contributed by atoms with Crippen molar-refractivity contribution in [2.75, 3.05) is 32.7 Å². The predicted molar refractivity (Wildman–Crippen MR) is 71.7 cm³/mol. The molecule has 1 aromatic heterocycles. The molecule has 0 radical (unpaired) electrons. The molecule has 0 aliphatic carbocycles. The van der Waals surface area contributed by atoms with Gasteiger partial charge in [-0.1, -0.05) is 6.07 Å². The molecule has 0 unspecified atom stereocenters. The van der Waals surface area contributed by atoms with Crippen LogP contribution in [-0.4, -0.2) is 64.5 Å². The second kappa shape index (κ2) is 6.33. The second-order valence-electron chi connectivity index (χ2n) is 4.74. The van der Waals surface area contributed by atoms with E-state index in [-0.39, 0.29) is 23.7 Å². The van der Waals surface area contributed by atoms with E-state index >= 15 is 0 Å². The van der Waals surface area contributed by atoms with E-state index < -0.39 is 5.97 Å². The lowest BCUT2D eigenvalue weighted by Crippen LogP contribution is -2.37. The number of pyridine rings is 1. The van der Waals surface area contributed by atoms with Crippen LogP contribution in [0.2, 0.25) is 0 Å². The lowest BCUT2D eigenvalue weighted by Gasteiger charge is -2.20. The summed E-state index contributed by atoms with van der Waals surface area (Å²) in [4.78, 5) is 40.1. The van der Waals surface area contributed by atoms with Gasteiger partial charge in [0.25, 0.3) is 5.91 Å². The minimum atomic E-state index is -0.864. The van der Waals surface area contributed by atoms with Gasteiger partial charge in [-0.15, -0.1) is 0 Å². The monoisotopic (exact) mass is 279 g/mol. The highest BCUT2D eigenvalue weighted by atomic mass is 16.4. The fourth-order valence-electron chi connectivity index (χ4n) is 2.27. The average Bonchev–Trinajstić information content (AvgIpc) is 2.63. The number of aliphatic carboxylic acids is 1. The third-order valence-corrected chi connectivity index (χ3v) is 3.23. The third kappa shape index (κ3) is 3.67. The van der Waals surface area contributed by atoms with Crippen LogP contribution in [0.25, 0.3) is 0 Å². The van der Waals surface area contributed by atoms with Crippen molar-refractivity contribution in [3.8, 4) is 0 Å². The van der Waals surface area contributed by atoms with Gasteiger partial charge in [0.2, 0.25) is 5.56 Å². The highest BCUT2D eigenvalue weighted by Crippen LogP contribution is 2.06. The summed E-state index contributed by atoms with van der Waals surface area (Å²) in [6, 6.07) is 4.47. The largest absolute Gasteiger partial charge is 0.480 e. The van der Waals surface area contributed by atoms with Crippen molar-refractivity contribution in [1.29, 1.82) is 0 Å². The molecular formula is C13H17N3O4. The molecule has 0 atom stereocenters. The Morgan fingerprint density at radius 2 is 2.00 bits per heavy atom. The number of aromatic amines is 1. The highest BCUT2D eigenvalue weighted by Gasteiger charge is 2.21. The molecule has 1 aromatic rings. The smallest absolute Gasteiger partial charge is 0.317 e. The van der Waals surface area contributed by atoms with Gasteiger partial charge in [-0.2, -0.15) is 0 Å². The summed E-state index contributed by atoms with van der Waals surface area (Å²) in [7, 11) is 0. The highest BCUT2D eigenvalue weighted by molar-refractivity contribution is 5.92. The molecule has 1 aliphatic rings. The van der Waals surface area contributed by atoms with Gasteiger partial charge in [-0.25, -0.2) is 0 Å². The lowest BCUT2D eigenvalue weighted by molar-refractivity contribution is -0.138. The molecular weight excluding hydrogens is 262 g/mol. The number of hydrogen-bond donors (Lipinski definition) is 2. The molecule has 2 rings (SSSR count). The quantitative estimate of drug-likeness (QED) is 0.785. The minimum absolute atomic E-state index is 0.00972. The number of carboxylic acid groups (broad SMARTS) is 1. The van der Waals surface area contributed by atoms with Crippen LogP contribution in [-0.2, 0) is 4.79 Å². The van der Waals surface area contributed by atoms with E-state index in [0.717, 1.165) is 6.42 Å². The predicted octanol–water partition coefficient (Wildman–Crippen LogP) is -0.393. The van der Waals surface area contributed by atoms with Gasteiger partial charge in [0.1, 0.15) is 5.69 Å². The molecule has 7 nitrogen and oxygen atoms in total.